The van der Waals surface area contributed by atoms with Gasteiger partial charge in [-0.05, 0) is 51.3 Å². The van der Waals surface area contributed by atoms with Crippen LogP contribution in [0.2, 0.25) is 0 Å². The zero-order valence-electron chi connectivity index (χ0n) is 18.7. The summed E-state index contributed by atoms with van der Waals surface area (Å²) < 4.78 is 0. The van der Waals surface area contributed by atoms with Crippen LogP contribution in [0.15, 0.2) is 36.4 Å². The molecule has 1 aromatic carbocycles. The predicted octanol–water partition coefficient (Wildman–Crippen LogP) is 4.87. The molecule has 0 saturated carbocycles. The minimum atomic E-state index is 0.0487. The maximum atomic E-state index is 13.0. The SMILES string of the molecule is CCCN(C(=O)CCC(=O)c1cc(C)sc1C)C1CCN(C(=O)c2ccccc2)CC1. The quantitative estimate of drug-likeness (QED) is 0.550. The van der Waals surface area contributed by atoms with Gasteiger partial charge in [-0.15, -0.1) is 11.3 Å². The normalized spacial score (nSPS) is 14.5. The first-order chi connectivity index (χ1) is 14.9. The Morgan fingerprint density at radius 1 is 1.06 bits per heavy atom. The number of amides is 2. The Balaban J connectivity index is 1.55. The molecule has 0 aliphatic carbocycles. The summed E-state index contributed by atoms with van der Waals surface area (Å²) in [7, 11) is 0. The smallest absolute Gasteiger partial charge is 0.253 e. The molecular weight excluding hydrogens is 408 g/mol. The zero-order chi connectivity index (χ0) is 22.4. The number of carbonyl (C=O) groups excluding carboxylic acids is 3. The van der Waals surface area contributed by atoms with Gasteiger partial charge in [-0.25, -0.2) is 0 Å². The van der Waals surface area contributed by atoms with Crippen LogP contribution in [0, 0.1) is 13.8 Å². The highest BCUT2D eigenvalue weighted by Crippen LogP contribution is 2.24. The minimum Gasteiger partial charge on any atom is -0.340 e. The summed E-state index contributed by atoms with van der Waals surface area (Å²) in [6, 6.07) is 11.4. The number of aryl methyl sites for hydroxylation is 2. The molecule has 1 aromatic heterocycles. The van der Waals surface area contributed by atoms with Crippen molar-refractivity contribution in [2.45, 2.75) is 58.9 Å². The Labute approximate surface area is 189 Å². The second kappa shape index (κ2) is 10.7. The molecule has 0 unspecified atom stereocenters. The van der Waals surface area contributed by atoms with Crippen molar-refractivity contribution in [3.05, 3.63) is 57.3 Å². The molecule has 1 aliphatic heterocycles. The molecule has 2 heterocycles. The Morgan fingerprint density at radius 2 is 1.74 bits per heavy atom. The molecular formula is C25H32N2O3S. The maximum absolute atomic E-state index is 13.0. The first-order valence-electron chi connectivity index (χ1n) is 11.1. The summed E-state index contributed by atoms with van der Waals surface area (Å²) in [5, 5.41) is 0. The van der Waals surface area contributed by atoms with Crippen LogP contribution in [-0.4, -0.2) is 53.1 Å². The highest BCUT2D eigenvalue weighted by atomic mass is 32.1. The molecule has 1 aliphatic rings. The average molecular weight is 441 g/mol. The van der Waals surface area contributed by atoms with Crippen LogP contribution in [0.25, 0.3) is 0 Å². The van der Waals surface area contributed by atoms with E-state index < -0.39 is 0 Å². The van der Waals surface area contributed by atoms with Crippen LogP contribution in [-0.2, 0) is 4.79 Å². The van der Waals surface area contributed by atoms with Crippen molar-refractivity contribution >= 4 is 28.9 Å². The van der Waals surface area contributed by atoms with Crippen LogP contribution in [0.3, 0.4) is 0 Å². The molecule has 6 heteroatoms. The summed E-state index contributed by atoms with van der Waals surface area (Å²) in [6.45, 7) is 8.02. The van der Waals surface area contributed by atoms with E-state index in [1.54, 1.807) is 11.3 Å². The minimum absolute atomic E-state index is 0.0487. The van der Waals surface area contributed by atoms with Gasteiger partial charge in [-0.1, -0.05) is 25.1 Å². The maximum Gasteiger partial charge on any atom is 0.253 e. The fraction of sp³-hybridized carbons (Fsp3) is 0.480. The number of hydrogen-bond donors (Lipinski definition) is 0. The Bertz CT molecular complexity index is 914. The number of Topliss-reactive ketones (excluding diaryl/α,β-unsaturated/α-hetero) is 1. The molecule has 0 spiro atoms. The van der Waals surface area contributed by atoms with E-state index in [-0.39, 0.29) is 36.5 Å². The lowest BCUT2D eigenvalue weighted by Crippen LogP contribution is -2.49. The lowest BCUT2D eigenvalue weighted by Gasteiger charge is -2.38. The van der Waals surface area contributed by atoms with Crippen molar-refractivity contribution in [3.8, 4) is 0 Å². The lowest BCUT2D eigenvalue weighted by molar-refractivity contribution is -0.134. The van der Waals surface area contributed by atoms with Gasteiger partial charge in [-0.2, -0.15) is 0 Å². The lowest BCUT2D eigenvalue weighted by atomic mass is 10.0. The van der Waals surface area contributed by atoms with Crippen molar-refractivity contribution < 1.29 is 14.4 Å². The number of carbonyl (C=O) groups is 3. The fourth-order valence-electron chi connectivity index (χ4n) is 4.30. The number of piperidine rings is 1. The van der Waals surface area contributed by atoms with E-state index in [1.807, 2.05) is 60.0 Å². The van der Waals surface area contributed by atoms with E-state index in [0.717, 1.165) is 34.6 Å². The number of ketones is 1. The van der Waals surface area contributed by atoms with Crippen LogP contribution >= 0.6 is 11.3 Å². The van der Waals surface area contributed by atoms with Gasteiger partial charge in [0, 0.05) is 59.4 Å². The molecule has 2 amide bonds. The third-order valence-corrected chi connectivity index (χ3v) is 6.87. The monoisotopic (exact) mass is 440 g/mol. The number of likely N-dealkylation sites (tertiary alicyclic amines) is 1. The largest absolute Gasteiger partial charge is 0.340 e. The van der Waals surface area contributed by atoms with E-state index in [2.05, 4.69) is 6.92 Å². The second-order valence-corrected chi connectivity index (χ2v) is 9.69. The van der Waals surface area contributed by atoms with Gasteiger partial charge in [0.2, 0.25) is 5.91 Å². The molecule has 31 heavy (non-hydrogen) atoms. The third kappa shape index (κ3) is 5.82. The van der Waals surface area contributed by atoms with E-state index in [4.69, 9.17) is 0 Å². The van der Waals surface area contributed by atoms with Crippen LogP contribution in [0.5, 0.6) is 0 Å². The van der Waals surface area contributed by atoms with Gasteiger partial charge >= 0.3 is 0 Å². The second-order valence-electron chi connectivity index (χ2n) is 8.23. The summed E-state index contributed by atoms with van der Waals surface area (Å²) in [6.07, 6.45) is 2.94. The third-order valence-electron chi connectivity index (χ3n) is 5.91. The van der Waals surface area contributed by atoms with Gasteiger partial charge in [0.15, 0.2) is 5.78 Å². The predicted molar refractivity (Wildman–Crippen MR) is 125 cm³/mol. The van der Waals surface area contributed by atoms with Gasteiger partial charge < -0.3 is 9.80 Å². The van der Waals surface area contributed by atoms with Crippen LogP contribution < -0.4 is 0 Å². The molecule has 2 aromatic rings. The first-order valence-corrected chi connectivity index (χ1v) is 12.0. The molecule has 0 atom stereocenters. The van der Waals surface area contributed by atoms with E-state index >= 15 is 0 Å². The fourth-order valence-corrected chi connectivity index (χ4v) is 5.24. The zero-order valence-corrected chi connectivity index (χ0v) is 19.5. The molecule has 0 radical (unpaired) electrons. The van der Waals surface area contributed by atoms with E-state index in [9.17, 15) is 14.4 Å². The molecule has 0 bridgehead atoms. The van der Waals surface area contributed by atoms with E-state index in [0.29, 0.717) is 25.2 Å². The Hall–Kier alpha value is -2.47. The van der Waals surface area contributed by atoms with E-state index in [1.165, 1.54) is 0 Å². The summed E-state index contributed by atoms with van der Waals surface area (Å²) >= 11 is 1.62. The van der Waals surface area contributed by atoms with Crippen molar-refractivity contribution in [3.63, 3.8) is 0 Å². The first kappa shape index (κ1) is 23.2. The Kier molecular flexibility index (Phi) is 8.02. The summed E-state index contributed by atoms with van der Waals surface area (Å²) in [4.78, 5) is 44.2. The van der Waals surface area contributed by atoms with Crippen molar-refractivity contribution in [2.75, 3.05) is 19.6 Å². The van der Waals surface area contributed by atoms with Crippen molar-refractivity contribution in [1.29, 1.82) is 0 Å². The number of nitrogens with zero attached hydrogens (tertiary/aromatic N) is 2. The van der Waals surface area contributed by atoms with Gasteiger partial charge in [-0.3, -0.25) is 14.4 Å². The number of rotatable bonds is 8. The van der Waals surface area contributed by atoms with Crippen LogP contribution in [0.1, 0.15) is 69.5 Å². The average Bonchev–Trinajstić information content (AvgIpc) is 3.13. The highest BCUT2D eigenvalue weighted by molar-refractivity contribution is 7.12. The Morgan fingerprint density at radius 3 is 2.32 bits per heavy atom. The van der Waals surface area contributed by atoms with Crippen LogP contribution in [0.4, 0.5) is 0 Å². The van der Waals surface area contributed by atoms with Gasteiger partial charge in [0.25, 0.3) is 5.91 Å². The summed E-state index contributed by atoms with van der Waals surface area (Å²) in [5.41, 5.74) is 1.46. The van der Waals surface area contributed by atoms with Crippen molar-refractivity contribution in [2.24, 2.45) is 0 Å². The van der Waals surface area contributed by atoms with Gasteiger partial charge in [0.1, 0.15) is 0 Å². The highest BCUT2D eigenvalue weighted by Gasteiger charge is 2.29. The summed E-state index contributed by atoms with van der Waals surface area (Å²) in [5.74, 6) is 0.155. The van der Waals surface area contributed by atoms with Gasteiger partial charge in [0.05, 0.1) is 0 Å². The number of hydrogen-bond acceptors (Lipinski definition) is 4. The number of thiophene rings is 1. The molecule has 1 fully saturated rings. The molecule has 5 nitrogen and oxygen atoms in total. The van der Waals surface area contributed by atoms with Crippen molar-refractivity contribution in [1.82, 2.24) is 9.80 Å². The molecule has 1 saturated heterocycles. The molecule has 0 N–H and O–H groups in total. The molecule has 3 rings (SSSR count). The standard InChI is InChI=1S/C25H32N2O3S/c1-4-14-27(24(29)11-10-23(28)22-17-18(2)31-19(22)3)21-12-15-26(16-13-21)25(30)20-8-6-5-7-9-20/h5-9,17,21H,4,10-16H2,1-3H3. The topological polar surface area (TPSA) is 57.7 Å². The number of benzene rings is 1. The molecule has 166 valence electrons.